The normalized spacial score (nSPS) is 11.1. The number of hydrogen-bond acceptors (Lipinski definition) is 2. The van der Waals surface area contributed by atoms with Crippen molar-refractivity contribution in [2.45, 2.75) is 39.5 Å². The van der Waals surface area contributed by atoms with Gasteiger partial charge < -0.3 is 11.1 Å². The molecule has 1 rings (SSSR count). The molecular weight excluding hydrogens is 341 g/mol. The summed E-state index contributed by atoms with van der Waals surface area (Å²) in [5.74, 6) is 0.558. The molecule has 0 amide bonds. The monoisotopic (exact) mass is 365 g/mol. The fraction of sp³-hybridized carbons (Fsp3) is 0.667. The van der Waals surface area contributed by atoms with Crippen molar-refractivity contribution in [3.05, 3.63) is 17.5 Å². The first-order chi connectivity index (χ1) is 8.24. The van der Waals surface area contributed by atoms with Crippen LogP contribution in [-0.4, -0.2) is 29.2 Å². The number of aliphatic imine (C=N–C) groups is 1. The second kappa shape index (κ2) is 10.2. The maximum atomic E-state index is 5.72. The molecule has 18 heavy (non-hydrogen) atoms. The van der Waals surface area contributed by atoms with Gasteiger partial charge in [0, 0.05) is 18.8 Å². The number of nitrogens with two attached hydrogens (primary N) is 1. The number of aryl methyl sites for hydroxylation is 2. The molecule has 0 bridgehead atoms. The van der Waals surface area contributed by atoms with Gasteiger partial charge in [0.25, 0.3) is 0 Å². The van der Waals surface area contributed by atoms with E-state index in [4.69, 9.17) is 5.73 Å². The fourth-order valence-corrected chi connectivity index (χ4v) is 1.55. The van der Waals surface area contributed by atoms with Gasteiger partial charge in [0.2, 0.25) is 0 Å². The van der Waals surface area contributed by atoms with Crippen LogP contribution in [0.25, 0.3) is 0 Å². The molecule has 0 radical (unpaired) electrons. The molecule has 5 nitrogen and oxygen atoms in total. The Kier molecular flexibility index (Phi) is 9.72. The van der Waals surface area contributed by atoms with Crippen LogP contribution in [0, 0.1) is 6.92 Å². The molecule has 0 saturated carbocycles. The molecule has 0 fully saturated rings. The third-order valence-corrected chi connectivity index (χ3v) is 2.66. The van der Waals surface area contributed by atoms with Gasteiger partial charge in [-0.25, -0.2) is 0 Å². The van der Waals surface area contributed by atoms with E-state index in [1.54, 1.807) is 0 Å². The number of rotatable bonds is 7. The topological polar surface area (TPSA) is 79.1 Å². The SMILES string of the molecule is CCCCNC(N)=NCCCc1cn[nH]c1C.I. The van der Waals surface area contributed by atoms with Crippen LogP contribution in [0.15, 0.2) is 11.2 Å². The summed E-state index contributed by atoms with van der Waals surface area (Å²) in [5, 5.41) is 10.0. The zero-order valence-electron chi connectivity index (χ0n) is 11.2. The minimum Gasteiger partial charge on any atom is -0.370 e. The standard InChI is InChI=1S/C12H23N5.HI/c1-3-4-7-14-12(13)15-8-5-6-11-9-16-17-10(11)2;/h9H,3-8H2,1-2H3,(H,16,17)(H3,13,14,15);1H. The number of aromatic nitrogens is 2. The van der Waals surface area contributed by atoms with E-state index in [-0.39, 0.29) is 24.0 Å². The second-order valence-electron chi connectivity index (χ2n) is 4.17. The van der Waals surface area contributed by atoms with E-state index in [0.717, 1.165) is 38.0 Å². The summed E-state index contributed by atoms with van der Waals surface area (Å²) in [6.45, 7) is 5.86. The minimum atomic E-state index is 0. The van der Waals surface area contributed by atoms with Crippen molar-refractivity contribution in [2.24, 2.45) is 10.7 Å². The summed E-state index contributed by atoms with van der Waals surface area (Å²) in [7, 11) is 0. The van der Waals surface area contributed by atoms with Gasteiger partial charge in [-0.05, 0) is 31.7 Å². The Bertz CT molecular complexity index is 348. The van der Waals surface area contributed by atoms with Crippen LogP contribution in [-0.2, 0) is 6.42 Å². The van der Waals surface area contributed by atoms with E-state index in [1.165, 1.54) is 12.0 Å². The average molecular weight is 365 g/mol. The Morgan fingerprint density at radius 1 is 1.50 bits per heavy atom. The van der Waals surface area contributed by atoms with Crippen molar-refractivity contribution in [3.63, 3.8) is 0 Å². The van der Waals surface area contributed by atoms with Crippen LogP contribution in [0.1, 0.15) is 37.4 Å². The Morgan fingerprint density at radius 2 is 2.28 bits per heavy atom. The van der Waals surface area contributed by atoms with Gasteiger partial charge in [-0.2, -0.15) is 5.10 Å². The van der Waals surface area contributed by atoms with Gasteiger partial charge in [0.05, 0.1) is 6.20 Å². The zero-order chi connectivity index (χ0) is 12.5. The van der Waals surface area contributed by atoms with Crippen molar-refractivity contribution >= 4 is 29.9 Å². The highest BCUT2D eigenvalue weighted by Gasteiger charge is 1.99. The predicted octanol–water partition coefficient (Wildman–Crippen LogP) is 1.97. The number of aromatic amines is 1. The predicted molar refractivity (Wildman–Crippen MR) is 86.5 cm³/mol. The van der Waals surface area contributed by atoms with Crippen LogP contribution < -0.4 is 11.1 Å². The first-order valence-corrected chi connectivity index (χ1v) is 6.26. The maximum absolute atomic E-state index is 5.72. The Balaban J connectivity index is 0.00000289. The van der Waals surface area contributed by atoms with Crippen LogP contribution in [0.4, 0.5) is 0 Å². The minimum absolute atomic E-state index is 0. The van der Waals surface area contributed by atoms with Gasteiger partial charge in [0.15, 0.2) is 5.96 Å². The summed E-state index contributed by atoms with van der Waals surface area (Å²) in [5.41, 5.74) is 8.13. The Hall–Kier alpha value is -0.790. The molecular formula is C12H24IN5. The quantitative estimate of drug-likeness (QED) is 0.299. The summed E-state index contributed by atoms with van der Waals surface area (Å²) >= 11 is 0. The summed E-state index contributed by atoms with van der Waals surface area (Å²) < 4.78 is 0. The van der Waals surface area contributed by atoms with Crippen molar-refractivity contribution in [1.29, 1.82) is 0 Å². The molecule has 0 aliphatic carbocycles. The molecule has 0 saturated heterocycles. The number of H-pyrrole nitrogens is 1. The number of nitrogens with zero attached hydrogens (tertiary/aromatic N) is 2. The lowest BCUT2D eigenvalue weighted by atomic mass is 10.1. The number of nitrogens with one attached hydrogen (secondary N) is 2. The smallest absolute Gasteiger partial charge is 0.188 e. The first-order valence-electron chi connectivity index (χ1n) is 6.26. The van der Waals surface area contributed by atoms with Gasteiger partial charge in [0.1, 0.15) is 0 Å². The van der Waals surface area contributed by atoms with Crippen molar-refractivity contribution in [1.82, 2.24) is 15.5 Å². The van der Waals surface area contributed by atoms with E-state index < -0.39 is 0 Å². The van der Waals surface area contributed by atoms with E-state index in [0.29, 0.717) is 5.96 Å². The van der Waals surface area contributed by atoms with E-state index in [2.05, 4.69) is 27.4 Å². The van der Waals surface area contributed by atoms with Gasteiger partial charge in [-0.3, -0.25) is 10.1 Å². The van der Waals surface area contributed by atoms with Gasteiger partial charge in [-0.15, -0.1) is 24.0 Å². The van der Waals surface area contributed by atoms with Gasteiger partial charge in [-0.1, -0.05) is 13.3 Å². The molecule has 1 aromatic heterocycles. The lowest BCUT2D eigenvalue weighted by Crippen LogP contribution is -2.32. The maximum Gasteiger partial charge on any atom is 0.188 e. The van der Waals surface area contributed by atoms with Crippen LogP contribution >= 0.6 is 24.0 Å². The van der Waals surface area contributed by atoms with Gasteiger partial charge >= 0.3 is 0 Å². The van der Waals surface area contributed by atoms with Crippen molar-refractivity contribution in [3.8, 4) is 0 Å². The molecule has 4 N–H and O–H groups in total. The molecule has 0 spiro atoms. The molecule has 6 heteroatoms. The summed E-state index contributed by atoms with van der Waals surface area (Å²) in [6.07, 6.45) is 6.16. The van der Waals surface area contributed by atoms with Crippen molar-refractivity contribution in [2.75, 3.05) is 13.1 Å². The molecule has 0 aliphatic heterocycles. The number of unbranched alkanes of at least 4 members (excludes halogenated alkanes) is 1. The average Bonchev–Trinajstić information content (AvgIpc) is 2.71. The third kappa shape index (κ3) is 6.83. The summed E-state index contributed by atoms with van der Waals surface area (Å²) in [4.78, 5) is 4.28. The molecule has 1 heterocycles. The third-order valence-electron chi connectivity index (χ3n) is 2.66. The Labute approximate surface area is 126 Å². The molecule has 0 aromatic carbocycles. The number of guanidine groups is 1. The second-order valence-corrected chi connectivity index (χ2v) is 4.17. The highest BCUT2D eigenvalue weighted by molar-refractivity contribution is 14.0. The highest BCUT2D eigenvalue weighted by Crippen LogP contribution is 2.05. The zero-order valence-corrected chi connectivity index (χ0v) is 13.5. The van der Waals surface area contributed by atoms with E-state index in [1.807, 2.05) is 13.1 Å². The van der Waals surface area contributed by atoms with Crippen LogP contribution in [0.2, 0.25) is 0 Å². The molecule has 0 atom stereocenters. The largest absolute Gasteiger partial charge is 0.370 e. The van der Waals surface area contributed by atoms with E-state index >= 15 is 0 Å². The molecule has 0 unspecified atom stereocenters. The summed E-state index contributed by atoms with van der Waals surface area (Å²) in [6, 6.07) is 0. The van der Waals surface area contributed by atoms with Crippen LogP contribution in [0.5, 0.6) is 0 Å². The lowest BCUT2D eigenvalue weighted by molar-refractivity contribution is 0.744. The fourth-order valence-electron chi connectivity index (χ4n) is 1.55. The number of hydrogen-bond donors (Lipinski definition) is 3. The van der Waals surface area contributed by atoms with Crippen LogP contribution in [0.3, 0.4) is 0 Å². The first kappa shape index (κ1) is 17.2. The lowest BCUT2D eigenvalue weighted by Gasteiger charge is -2.04. The molecule has 104 valence electrons. The molecule has 0 aliphatic rings. The Morgan fingerprint density at radius 3 is 2.89 bits per heavy atom. The number of halogens is 1. The highest BCUT2D eigenvalue weighted by atomic mass is 127. The van der Waals surface area contributed by atoms with E-state index in [9.17, 15) is 0 Å². The molecule has 1 aromatic rings. The van der Waals surface area contributed by atoms with Crippen molar-refractivity contribution < 1.29 is 0 Å².